The number of nitrogens with one attached hydrogen (secondary N) is 1. The molecule has 0 saturated heterocycles. The standard InChI is InChI=1S/C18H24N2O2/c1-11(2)17(21)15-8-14(9-15)6-12(3)20-18(22)16(10-19)7-13-4-5-13/h7-8,11-14H,4-6,9H2,1-3H3,(H,20,22)/b16-7-. The van der Waals surface area contributed by atoms with Crippen LogP contribution < -0.4 is 5.32 Å². The van der Waals surface area contributed by atoms with Crippen LogP contribution in [0.5, 0.6) is 0 Å². The summed E-state index contributed by atoms with van der Waals surface area (Å²) in [7, 11) is 0. The molecule has 1 amide bonds. The Morgan fingerprint density at radius 1 is 1.41 bits per heavy atom. The van der Waals surface area contributed by atoms with Crippen molar-refractivity contribution < 1.29 is 9.59 Å². The van der Waals surface area contributed by atoms with Crippen LogP contribution in [0.3, 0.4) is 0 Å². The zero-order valence-corrected chi connectivity index (χ0v) is 13.6. The van der Waals surface area contributed by atoms with Crippen LogP contribution in [0.1, 0.15) is 46.5 Å². The number of allylic oxidation sites excluding steroid dienone is 3. The summed E-state index contributed by atoms with van der Waals surface area (Å²) in [6.07, 6.45) is 7.57. The van der Waals surface area contributed by atoms with Crippen molar-refractivity contribution in [1.29, 1.82) is 5.26 Å². The molecule has 0 aromatic heterocycles. The minimum Gasteiger partial charge on any atom is -0.349 e. The lowest BCUT2D eigenvalue weighted by atomic mass is 9.78. The summed E-state index contributed by atoms with van der Waals surface area (Å²) in [6.45, 7) is 5.77. The van der Waals surface area contributed by atoms with Crippen LogP contribution in [-0.4, -0.2) is 17.7 Å². The SMILES string of the molecule is CC(CC1C=C(C(=O)C(C)C)C1)NC(=O)/C(C#N)=C\C1CC1. The van der Waals surface area contributed by atoms with E-state index in [1.54, 1.807) is 6.08 Å². The fraction of sp³-hybridized carbons (Fsp3) is 0.611. The van der Waals surface area contributed by atoms with Crippen molar-refractivity contribution >= 4 is 11.7 Å². The predicted octanol–water partition coefficient (Wildman–Crippen LogP) is 2.91. The Bertz CT molecular complexity index is 562. The highest BCUT2D eigenvalue weighted by Crippen LogP contribution is 2.32. The summed E-state index contributed by atoms with van der Waals surface area (Å²) in [4.78, 5) is 23.8. The molecule has 0 aliphatic heterocycles. The molecule has 0 aromatic rings. The minimum absolute atomic E-state index is 0.000375. The molecule has 22 heavy (non-hydrogen) atoms. The molecule has 0 aromatic carbocycles. The van der Waals surface area contributed by atoms with E-state index < -0.39 is 0 Å². The fourth-order valence-electron chi connectivity index (χ4n) is 2.72. The van der Waals surface area contributed by atoms with E-state index in [4.69, 9.17) is 5.26 Å². The molecule has 0 radical (unpaired) electrons. The van der Waals surface area contributed by atoms with E-state index in [-0.39, 0.29) is 29.2 Å². The number of ketones is 1. The lowest BCUT2D eigenvalue weighted by Crippen LogP contribution is -2.36. The molecular formula is C18H24N2O2. The highest BCUT2D eigenvalue weighted by Gasteiger charge is 2.28. The number of hydrogen-bond acceptors (Lipinski definition) is 3. The second-order valence-corrected chi connectivity index (χ2v) is 6.81. The molecule has 2 aliphatic rings. The van der Waals surface area contributed by atoms with Gasteiger partial charge in [-0.1, -0.05) is 26.0 Å². The average Bonchev–Trinajstić information content (AvgIpc) is 3.22. The summed E-state index contributed by atoms with van der Waals surface area (Å²) in [5, 5.41) is 11.9. The maximum absolute atomic E-state index is 12.0. The van der Waals surface area contributed by atoms with Crippen molar-refractivity contribution in [2.24, 2.45) is 17.8 Å². The Hall–Kier alpha value is -1.89. The third kappa shape index (κ3) is 4.30. The van der Waals surface area contributed by atoms with Gasteiger partial charge in [-0.15, -0.1) is 0 Å². The molecule has 1 fully saturated rings. The van der Waals surface area contributed by atoms with Gasteiger partial charge in [-0.05, 0) is 50.0 Å². The van der Waals surface area contributed by atoms with Gasteiger partial charge in [0.05, 0.1) is 0 Å². The third-order valence-electron chi connectivity index (χ3n) is 4.18. The summed E-state index contributed by atoms with van der Waals surface area (Å²) < 4.78 is 0. The van der Waals surface area contributed by atoms with Crippen molar-refractivity contribution in [1.82, 2.24) is 5.32 Å². The van der Waals surface area contributed by atoms with Crippen LogP contribution in [0.4, 0.5) is 0 Å². The predicted molar refractivity (Wildman–Crippen MR) is 84.7 cm³/mol. The average molecular weight is 300 g/mol. The topological polar surface area (TPSA) is 70.0 Å². The highest BCUT2D eigenvalue weighted by atomic mass is 16.1. The quantitative estimate of drug-likeness (QED) is 0.580. The molecule has 2 unspecified atom stereocenters. The molecule has 2 atom stereocenters. The van der Waals surface area contributed by atoms with Gasteiger partial charge in [0, 0.05) is 12.0 Å². The van der Waals surface area contributed by atoms with E-state index >= 15 is 0 Å². The van der Waals surface area contributed by atoms with Gasteiger partial charge in [-0.3, -0.25) is 9.59 Å². The smallest absolute Gasteiger partial charge is 0.261 e. The van der Waals surface area contributed by atoms with Gasteiger partial charge >= 0.3 is 0 Å². The summed E-state index contributed by atoms with van der Waals surface area (Å²) in [6, 6.07) is 1.99. The van der Waals surface area contributed by atoms with Crippen LogP contribution in [0, 0.1) is 29.1 Å². The van der Waals surface area contributed by atoms with Crippen LogP contribution in [-0.2, 0) is 9.59 Å². The highest BCUT2D eigenvalue weighted by molar-refractivity contribution is 5.98. The maximum Gasteiger partial charge on any atom is 0.261 e. The molecule has 2 rings (SSSR count). The molecule has 0 heterocycles. The monoisotopic (exact) mass is 300 g/mol. The summed E-state index contributed by atoms with van der Waals surface area (Å²) in [5.74, 6) is 0.770. The first-order valence-electron chi connectivity index (χ1n) is 8.08. The Morgan fingerprint density at radius 2 is 2.05 bits per heavy atom. The largest absolute Gasteiger partial charge is 0.349 e. The fourth-order valence-corrected chi connectivity index (χ4v) is 2.72. The number of nitriles is 1. The van der Waals surface area contributed by atoms with Crippen molar-refractivity contribution in [2.75, 3.05) is 0 Å². The van der Waals surface area contributed by atoms with E-state index in [9.17, 15) is 9.59 Å². The lowest BCUT2D eigenvalue weighted by Gasteiger charge is -2.28. The van der Waals surface area contributed by atoms with E-state index in [2.05, 4.69) is 5.32 Å². The normalized spacial score (nSPS) is 22.4. The Morgan fingerprint density at radius 3 is 2.55 bits per heavy atom. The second kappa shape index (κ2) is 6.91. The molecule has 4 nitrogen and oxygen atoms in total. The molecule has 1 N–H and O–H groups in total. The first kappa shape index (κ1) is 16.5. The maximum atomic E-state index is 12.0. The van der Waals surface area contributed by atoms with E-state index in [0.29, 0.717) is 11.8 Å². The van der Waals surface area contributed by atoms with Gasteiger partial charge < -0.3 is 5.32 Å². The Labute approximate surface area is 132 Å². The number of rotatable bonds is 7. The molecule has 118 valence electrons. The van der Waals surface area contributed by atoms with Gasteiger partial charge in [-0.2, -0.15) is 5.26 Å². The second-order valence-electron chi connectivity index (χ2n) is 6.81. The summed E-state index contributed by atoms with van der Waals surface area (Å²) >= 11 is 0. The van der Waals surface area contributed by atoms with Crippen molar-refractivity contribution in [2.45, 2.75) is 52.5 Å². The van der Waals surface area contributed by atoms with Crippen molar-refractivity contribution in [3.8, 4) is 6.07 Å². The summed E-state index contributed by atoms with van der Waals surface area (Å²) in [5.41, 5.74) is 1.15. The number of Topliss-reactive ketones (excluding diaryl/α,β-unsaturated/α-hetero) is 1. The number of carbonyl (C=O) groups is 2. The zero-order chi connectivity index (χ0) is 16.3. The Balaban J connectivity index is 1.79. The van der Waals surface area contributed by atoms with Crippen LogP contribution in [0.2, 0.25) is 0 Å². The molecule has 1 saturated carbocycles. The van der Waals surface area contributed by atoms with Crippen LogP contribution in [0.15, 0.2) is 23.3 Å². The zero-order valence-electron chi connectivity index (χ0n) is 13.6. The number of hydrogen-bond donors (Lipinski definition) is 1. The lowest BCUT2D eigenvalue weighted by molar-refractivity contribution is -0.119. The molecule has 0 bridgehead atoms. The van der Waals surface area contributed by atoms with Crippen LogP contribution >= 0.6 is 0 Å². The van der Waals surface area contributed by atoms with E-state index in [0.717, 1.165) is 31.3 Å². The Kier molecular flexibility index (Phi) is 5.18. The molecule has 0 spiro atoms. The van der Waals surface area contributed by atoms with Crippen molar-refractivity contribution in [3.63, 3.8) is 0 Å². The van der Waals surface area contributed by atoms with Gasteiger partial charge in [0.2, 0.25) is 0 Å². The molecule has 2 aliphatic carbocycles. The van der Waals surface area contributed by atoms with Gasteiger partial charge in [-0.25, -0.2) is 0 Å². The minimum atomic E-state index is -0.274. The van der Waals surface area contributed by atoms with Gasteiger partial charge in [0.1, 0.15) is 11.6 Å². The number of nitrogens with zero attached hydrogens (tertiary/aromatic N) is 1. The molecule has 4 heteroatoms. The first-order valence-corrected chi connectivity index (χ1v) is 8.08. The van der Waals surface area contributed by atoms with Gasteiger partial charge in [0.25, 0.3) is 5.91 Å². The third-order valence-corrected chi connectivity index (χ3v) is 4.18. The van der Waals surface area contributed by atoms with Gasteiger partial charge in [0.15, 0.2) is 5.78 Å². The van der Waals surface area contributed by atoms with Crippen molar-refractivity contribution in [3.05, 3.63) is 23.3 Å². The first-order chi connectivity index (χ1) is 10.4. The molecular weight excluding hydrogens is 276 g/mol. The number of amides is 1. The van der Waals surface area contributed by atoms with E-state index in [1.807, 2.05) is 32.9 Å². The van der Waals surface area contributed by atoms with Crippen LogP contribution in [0.25, 0.3) is 0 Å². The number of carbonyl (C=O) groups excluding carboxylic acids is 2. The van der Waals surface area contributed by atoms with E-state index in [1.165, 1.54) is 0 Å².